The molecule has 7 nitrogen and oxygen atoms in total. The van der Waals surface area contributed by atoms with Gasteiger partial charge in [0.1, 0.15) is 0 Å². The Morgan fingerprint density at radius 2 is 1.63 bits per heavy atom. The molecular weight excluding hydrogens is 466 g/mol. The van der Waals surface area contributed by atoms with Gasteiger partial charge in [-0.15, -0.1) is 0 Å². The maximum Gasteiger partial charge on any atom is 0.373 e. The van der Waals surface area contributed by atoms with E-state index in [9.17, 15) is 4.79 Å². The molecule has 2 aromatic rings. The Bertz CT molecular complexity index is 954. The number of nitrogens with zero attached hydrogens (tertiary/aromatic N) is 1. The number of anilines is 1. The highest BCUT2D eigenvalue weighted by Crippen LogP contribution is 2.31. The molecule has 0 amide bonds. The first-order chi connectivity index (χ1) is 17.0. The number of carboxylic acids is 1. The monoisotopic (exact) mass is 501 g/mol. The molecule has 4 rings (SSSR count). The minimum Gasteiger partial charge on any atom is -0.481 e. The van der Waals surface area contributed by atoms with Crippen LogP contribution in [0.3, 0.4) is 0 Å². The van der Waals surface area contributed by atoms with Crippen molar-refractivity contribution >= 4 is 29.4 Å². The summed E-state index contributed by atoms with van der Waals surface area (Å²) in [6.45, 7) is 8.06. The average Bonchev–Trinajstić information content (AvgIpc) is 3.12. The number of carboxylic acid groups (broad SMARTS) is 1. The third kappa shape index (κ3) is 10.2. The molecule has 190 valence electrons. The van der Waals surface area contributed by atoms with Crippen molar-refractivity contribution in [3.8, 4) is 0 Å². The van der Waals surface area contributed by atoms with Gasteiger partial charge >= 0.3 is 12.1 Å². The van der Waals surface area contributed by atoms with E-state index in [1.807, 2.05) is 6.07 Å². The number of piperidine rings is 1. The summed E-state index contributed by atoms with van der Waals surface area (Å²) in [5.74, 6) is -0.745. The highest BCUT2D eigenvalue weighted by atomic mass is 35.5. The van der Waals surface area contributed by atoms with Crippen LogP contribution in [0.15, 0.2) is 36.4 Å². The van der Waals surface area contributed by atoms with Gasteiger partial charge < -0.3 is 15.7 Å². The van der Waals surface area contributed by atoms with Gasteiger partial charge in [-0.3, -0.25) is 9.69 Å². The van der Waals surface area contributed by atoms with Gasteiger partial charge in [-0.05, 0) is 80.2 Å². The number of nitrogens with one attached hydrogen (secondary N) is 2. The van der Waals surface area contributed by atoms with Gasteiger partial charge in [-0.1, -0.05) is 55.3 Å². The van der Waals surface area contributed by atoms with E-state index >= 15 is 0 Å². The van der Waals surface area contributed by atoms with Crippen LogP contribution in [-0.2, 0) is 40.3 Å². The molecule has 2 aromatic carbocycles. The van der Waals surface area contributed by atoms with Gasteiger partial charge in [0.25, 0.3) is 0 Å². The maximum absolute atomic E-state index is 9.37. The topological polar surface area (TPSA) is 98.7 Å². The summed E-state index contributed by atoms with van der Waals surface area (Å²) < 4.78 is 0. The average molecular weight is 502 g/mol. The highest BCUT2D eigenvalue weighted by Gasteiger charge is 2.15. The lowest BCUT2D eigenvalue weighted by atomic mass is 10.0. The van der Waals surface area contributed by atoms with Crippen LogP contribution >= 0.6 is 11.6 Å². The number of hydrogen-bond donors (Lipinski definition) is 3. The summed E-state index contributed by atoms with van der Waals surface area (Å²) >= 11 is 6.53. The first-order valence-electron chi connectivity index (χ1n) is 12.2. The Morgan fingerprint density at radius 3 is 2.26 bits per heavy atom. The molecule has 2 aliphatic rings. The second-order valence-corrected chi connectivity index (χ2v) is 9.05. The zero-order valence-corrected chi connectivity index (χ0v) is 21.2. The van der Waals surface area contributed by atoms with E-state index in [4.69, 9.17) is 26.3 Å². The largest absolute Gasteiger partial charge is 0.481 e. The van der Waals surface area contributed by atoms with Crippen LogP contribution in [0, 0.1) is 0 Å². The third-order valence-corrected chi connectivity index (χ3v) is 6.45. The zero-order valence-electron chi connectivity index (χ0n) is 20.4. The molecule has 0 atom stereocenters. The van der Waals surface area contributed by atoms with E-state index in [2.05, 4.69) is 45.9 Å². The van der Waals surface area contributed by atoms with E-state index in [1.54, 1.807) is 6.92 Å². The van der Waals surface area contributed by atoms with Gasteiger partial charge in [-0.25, -0.2) is 0 Å². The normalized spacial score (nSPS) is 15.1. The van der Waals surface area contributed by atoms with Crippen molar-refractivity contribution in [2.24, 2.45) is 0 Å². The predicted octanol–water partition coefficient (Wildman–Crippen LogP) is 4.52. The molecule has 0 aliphatic carbocycles. The minimum atomic E-state index is -0.745. The fourth-order valence-corrected chi connectivity index (χ4v) is 4.51. The summed E-state index contributed by atoms with van der Waals surface area (Å²) in [7, 11) is 0. The zero-order chi connectivity index (χ0) is 25.5. The summed E-state index contributed by atoms with van der Waals surface area (Å²) in [6, 6.07) is 13.3. The van der Waals surface area contributed by atoms with Gasteiger partial charge in [0.15, 0.2) is 0 Å². The predicted molar refractivity (Wildman–Crippen MR) is 138 cm³/mol. The Hall–Kier alpha value is -2.70. The molecule has 8 heteroatoms. The van der Waals surface area contributed by atoms with Crippen molar-refractivity contribution in [1.29, 1.82) is 0 Å². The van der Waals surface area contributed by atoms with Gasteiger partial charge in [0.2, 0.25) is 0 Å². The second-order valence-electron chi connectivity index (χ2n) is 8.65. The summed E-state index contributed by atoms with van der Waals surface area (Å²) in [6.07, 6.45) is 6.67. The number of rotatable bonds is 6. The van der Waals surface area contributed by atoms with Gasteiger partial charge in [-0.2, -0.15) is 9.59 Å². The molecule has 0 unspecified atom stereocenters. The van der Waals surface area contributed by atoms with Crippen LogP contribution < -0.4 is 10.6 Å². The Kier molecular flexibility index (Phi) is 13.1. The molecule has 0 radical (unpaired) electrons. The molecule has 0 aromatic heterocycles. The smallest absolute Gasteiger partial charge is 0.373 e. The second kappa shape index (κ2) is 16.1. The van der Waals surface area contributed by atoms with E-state index < -0.39 is 5.97 Å². The summed E-state index contributed by atoms with van der Waals surface area (Å²) in [5.41, 5.74) is 6.64. The number of likely N-dealkylation sites (tertiary alicyclic amines) is 1. The van der Waals surface area contributed by atoms with Crippen molar-refractivity contribution < 1.29 is 19.5 Å². The number of hydrogen-bond acceptors (Lipinski definition) is 6. The SMILES string of the molecule is CCC(=O)O.Clc1ccc2c(c1NCc1ccc(CN3CCCCC3)cc1)CCNCC2.O=C=O. The fraction of sp³-hybridized carbons (Fsp3) is 0.481. The quantitative estimate of drug-likeness (QED) is 0.535. The van der Waals surface area contributed by atoms with Crippen molar-refractivity contribution in [1.82, 2.24) is 10.2 Å². The van der Waals surface area contributed by atoms with Gasteiger partial charge in [0.05, 0.1) is 10.7 Å². The fourth-order valence-electron chi connectivity index (χ4n) is 4.26. The third-order valence-electron chi connectivity index (χ3n) is 6.13. The van der Waals surface area contributed by atoms with Crippen molar-refractivity contribution in [2.45, 2.75) is 58.5 Å². The van der Waals surface area contributed by atoms with E-state index in [0.717, 1.165) is 49.7 Å². The van der Waals surface area contributed by atoms with Crippen LogP contribution in [-0.4, -0.2) is 48.3 Å². The van der Waals surface area contributed by atoms with Gasteiger partial charge in [0, 0.05) is 19.5 Å². The first-order valence-corrected chi connectivity index (χ1v) is 12.6. The lowest BCUT2D eigenvalue weighted by molar-refractivity contribution is -0.191. The number of benzene rings is 2. The Balaban J connectivity index is 0.000000473. The van der Waals surface area contributed by atoms with Crippen LogP contribution in [0.25, 0.3) is 0 Å². The first kappa shape index (κ1) is 28.5. The number of carbonyl (C=O) groups is 1. The maximum atomic E-state index is 9.37. The van der Waals surface area contributed by atoms with Crippen molar-refractivity contribution in [3.63, 3.8) is 0 Å². The molecule has 0 spiro atoms. The van der Waals surface area contributed by atoms with Crippen molar-refractivity contribution in [3.05, 3.63) is 63.7 Å². The molecule has 2 aliphatic heterocycles. The standard InChI is InChI=1S/C23H30ClN3.C3H6O2.CO2/c24-22-9-8-20-10-12-25-13-11-21(20)23(22)26-16-18-4-6-19(7-5-18)17-27-14-2-1-3-15-27;1-2-3(4)5;2-1-3/h4-9,25-26H,1-3,10-17H2;2H2,1H3,(H,4,5);. The van der Waals surface area contributed by atoms with Crippen LogP contribution in [0.2, 0.25) is 5.02 Å². The van der Waals surface area contributed by atoms with E-state index in [-0.39, 0.29) is 12.6 Å². The van der Waals surface area contributed by atoms with E-state index in [1.165, 1.54) is 54.6 Å². The van der Waals surface area contributed by atoms with Crippen LogP contribution in [0.5, 0.6) is 0 Å². The lowest BCUT2D eigenvalue weighted by Gasteiger charge is -2.26. The lowest BCUT2D eigenvalue weighted by Crippen LogP contribution is -2.29. The summed E-state index contributed by atoms with van der Waals surface area (Å²) in [4.78, 5) is 28.2. The van der Waals surface area contributed by atoms with Crippen LogP contribution in [0.1, 0.15) is 54.9 Å². The minimum absolute atomic E-state index is 0.222. The Morgan fingerprint density at radius 1 is 1.03 bits per heavy atom. The number of halogens is 1. The number of carbonyl (C=O) groups excluding carboxylic acids is 2. The molecule has 35 heavy (non-hydrogen) atoms. The highest BCUT2D eigenvalue weighted by molar-refractivity contribution is 6.33. The molecule has 3 N–H and O–H groups in total. The Labute approximate surface area is 212 Å². The number of aliphatic carboxylic acids is 1. The van der Waals surface area contributed by atoms with E-state index in [0.29, 0.717) is 0 Å². The molecule has 2 heterocycles. The number of fused-ring (bicyclic) bond motifs is 1. The molecule has 0 saturated carbocycles. The summed E-state index contributed by atoms with van der Waals surface area (Å²) in [5, 5.41) is 15.6. The molecular formula is C27H36ClN3O4. The molecule has 1 saturated heterocycles. The molecule has 1 fully saturated rings. The molecule has 0 bridgehead atoms. The van der Waals surface area contributed by atoms with Crippen molar-refractivity contribution in [2.75, 3.05) is 31.5 Å². The van der Waals surface area contributed by atoms with Crippen LogP contribution in [0.4, 0.5) is 5.69 Å².